The fourth-order valence-corrected chi connectivity index (χ4v) is 8.99. The molecule has 0 fully saturated rings. The van der Waals surface area contributed by atoms with Gasteiger partial charge in [0.05, 0.1) is 42.7 Å². The van der Waals surface area contributed by atoms with Crippen molar-refractivity contribution in [2.75, 3.05) is 31.2 Å². The van der Waals surface area contributed by atoms with Gasteiger partial charge in [0.2, 0.25) is 5.91 Å². The normalized spacial score (nSPS) is 12.8. The molecule has 0 aliphatic heterocycles. The van der Waals surface area contributed by atoms with Crippen LogP contribution in [0.2, 0.25) is 0 Å². The van der Waals surface area contributed by atoms with E-state index in [-0.39, 0.29) is 12.4 Å². The van der Waals surface area contributed by atoms with Gasteiger partial charge in [0.15, 0.2) is 5.96 Å². The number of nitrogens with zero attached hydrogens (tertiary/aromatic N) is 1. The van der Waals surface area contributed by atoms with E-state index in [9.17, 15) is 14.7 Å². The molecule has 0 bridgehead atoms. The lowest BCUT2D eigenvalue weighted by Crippen LogP contribution is -2.51. The molecular weight excluding hydrogens is 449 g/mol. The Bertz CT molecular complexity index is 517. The average Bonchev–Trinajstić information content (AvgIpc) is 2.80. The van der Waals surface area contributed by atoms with Crippen molar-refractivity contribution < 1.29 is 14.7 Å². The zero-order chi connectivity index (χ0) is 26.4. The number of rotatable bonds is 19. The van der Waals surface area contributed by atoms with Crippen molar-refractivity contribution in [3.63, 3.8) is 0 Å². The summed E-state index contributed by atoms with van der Waals surface area (Å²) in [6.07, 6.45) is 18.5. The first-order valence-corrected chi connectivity index (χ1v) is 15.8. The summed E-state index contributed by atoms with van der Waals surface area (Å²) in [7, 11) is -0.562. The number of aliphatic imine (C=N–C) groups is 1. The molecule has 0 aromatic heterocycles. The lowest BCUT2D eigenvalue weighted by Gasteiger charge is -2.28. The van der Waals surface area contributed by atoms with E-state index >= 15 is 0 Å². The van der Waals surface area contributed by atoms with Crippen molar-refractivity contribution in [3.8, 4) is 0 Å². The van der Waals surface area contributed by atoms with Crippen LogP contribution in [0.25, 0.3) is 0 Å². The second-order valence-electron chi connectivity index (χ2n) is 9.27. The molecular formula is C25H54N5O3P. The molecule has 0 aromatic rings. The van der Waals surface area contributed by atoms with Gasteiger partial charge in [-0.15, -0.1) is 0 Å². The molecule has 9 heteroatoms. The molecule has 202 valence electrons. The summed E-state index contributed by atoms with van der Waals surface area (Å²) in [5, 5.41) is 13.0. The molecule has 0 saturated heterocycles. The van der Waals surface area contributed by atoms with Crippen LogP contribution < -0.4 is 27.6 Å². The van der Waals surface area contributed by atoms with Gasteiger partial charge in [0.25, 0.3) is 0 Å². The summed E-state index contributed by atoms with van der Waals surface area (Å²) in [5.74, 6) is -1.96. The third kappa shape index (κ3) is 19.0. The Morgan fingerprint density at radius 2 is 1.26 bits per heavy atom. The molecule has 0 aliphatic carbocycles. The van der Waals surface area contributed by atoms with Gasteiger partial charge >= 0.3 is 0 Å². The van der Waals surface area contributed by atoms with Crippen LogP contribution in [-0.4, -0.2) is 61.1 Å². The van der Waals surface area contributed by atoms with Crippen molar-refractivity contribution >= 4 is 25.1 Å². The Balaban J connectivity index is 0. The lowest BCUT2D eigenvalue weighted by molar-refractivity contribution is -0.308. The maximum atomic E-state index is 11.2. The Kier molecular flexibility index (Phi) is 22.6. The van der Waals surface area contributed by atoms with Gasteiger partial charge in [-0.2, -0.15) is 0 Å². The van der Waals surface area contributed by atoms with E-state index in [1.54, 1.807) is 24.6 Å². The molecule has 8 nitrogen and oxygen atoms in total. The first-order chi connectivity index (χ1) is 16.1. The molecule has 0 aromatic carbocycles. The molecule has 7 N–H and O–H groups in total. The third-order valence-electron chi connectivity index (χ3n) is 5.90. The first kappa shape index (κ1) is 34.8. The molecule has 0 spiro atoms. The highest BCUT2D eigenvalue weighted by atomic mass is 31.2. The van der Waals surface area contributed by atoms with E-state index in [0.29, 0.717) is 13.0 Å². The predicted molar refractivity (Wildman–Crippen MR) is 147 cm³/mol. The van der Waals surface area contributed by atoms with Crippen molar-refractivity contribution in [2.45, 2.75) is 111 Å². The number of nitrogens with one attached hydrogen (secondary N) is 1. The summed E-state index contributed by atoms with van der Waals surface area (Å²) in [6, 6.07) is -1.85. The summed E-state index contributed by atoms with van der Waals surface area (Å²) < 4.78 is 0. The Morgan fingerprint density at radius 3 is 1.56 bits per heavy atom. The number of hydrogen-bond donors (Lipinski definition) is 4. The largest absolute Gasteiger partial charge is 0.548 e. The Labute approximate surface area is 209 Å². The smallest absolute Gasteiger partial charge is 0.237 e. The van der Waals surface area contributed by atoms with E-state index < -0.39 is 31.2 Å². The predicted octanol–water partition coefficient (Wildman–Crippen LogP) is 2.83. The van der Waals surface area contributed by atoms with E-state index in [1.807, 2.05) is 0 Å². The minimum Gasteiger partial charge on any atom is -0.548 e. The van der Waals surface area contributed by atoms with E-state index in [0.717, 1.165) is 0 Å². The number of carbonyl (C=O) groups is 2. The SMILES string of the molecule is CCCC[P+](CCCC)(CCCC)CCCC.C[C@H](N)C(=O)N[C@@H](CCCN=C(N)N)C(=O)[O-]. The van der Waals surface area contributed by atoms with Gasteiger partial charge in [-0.25, -0.2) is 0 Å². The van der Waals surface area contributed by atoms with E-state index in [1.165, 1.54) is 58.3 Å². The molecule has 0 unspecified atom stereocenters. The van der Waals surface area contributed by atoms with Crippen LogP contribution >= 0.6 is 7.26 Å². The quantitative estimate of drug-likeness (QED) is 0.0917. The highest BCUT2D eigenvalue weighted by Gasteiger charge is 2.34. The topological polar surface area (TPSA) is 160 Å². The Hall–Kier alpha value is -1.40. The number of carboxylic acid groups (broad SMARTS) is 1. The van der Waals surface area contributed by atoms with Crippen molar-refractivity contribution in [2.24, 2.45) is 22.2 Å². The number of amides is 1. The number of hydrogen-bond acceptors (Lipinski definition) is 5. The van der Waals surface area contributed by atoms with Gasteiger partial charge in [0.1, 0.15) is 0 Å². The van der Waals surface area contributed by atoms with Crippen LogP contribution in [0, 0.1) is 0 Å². The number of guanidine groups is 1. The van der Waals surface area contributed by atoms with Crippen LogP contribution in [0.4, 0.5) is 0 Å². The van der Waals surface area contributed by atoms with Gasteiger partial charge in [-0.1, -0.05) is 53.4 Å². The summed E-state index contributed by atoms with van der Waals surface area (Å²) >= 11 is 0. The van der Waals surface area contributed by atoms with Gasteiger partial charge in [0, 0.05) is 13.8 Å². The van der Waals surface area contributed by atoms with Crippen LogP contribution in [-0.2, 0) is 9.59 Å². The fraction of sp³-hybridized carbons (Fsp3) is 0.880. The number of nitrogens with two attached hydrogens (primary N) is 3. The number of carbonyl (C=O) groups excluding carboxylic acids is 2. The van der Waals surface area contributed by atoms with Crippen molar-refractivity contribution in [3.05, 3.63) is 0 Å². The molecule has 1 amide bonds. The van der Waals surface area contributed by atoms with E-state index in [4.69, 9.17) is 17.2 Å². The fourth-order valence-electron chi connectivity index (χ4n) is 3.70. The van der Waals surface area contributed by atoms with Crippen molar-refractivity contribution in [1.29, 1.82) is 0 Å². The van der Waals surface area contributed by atoms with Gasteiger partial charge in [-0.3, -0.25) is 9.79 Å². The Morgan fingerprint density at radius 1 is 0.853 bits per heavy atom. The van der Waals surface area contributed by atoms with Gasteiger partial charge in [-0.05, 0) is 45.4 Å². The number of unbranched alkanes of at least 4 members (excludes halogenated alkanes) is 4. The summed E-state index contributed by atoms with van der Waals surface area (Å²) in [4.78, 5) is 25.6. The standard InChI is InChI=1S/C16H36P.C9H19N5O3/c1-5-9-13-17(14-10-6-2,15-11-7-3)16-12-8-4;1-5(10)7(15)14-6(8(16)17)3-2-4-13-9(11)12/h5-16H2,1-4H3;5-6H,2-4,10H2,1H3,(H,14,15)(H,16,17)(H4,11,12,13)/q+1;/p-1/t;5-,6-/m.0/s1. The van der Waals surface area contributed by atoms with Crippen LogP contribution in [0.15, 0.2) is 4.99 Å². The van der Waals surface area contributed by atoms with Crippen LogP contribution in [0.1, 0.15) is 98.8 Å². The summed E-state index contributed by atoms with van der Waals surface area (Å²) in [6.45, 7) is 11.2. The second kappa shape index (κ2) is 22.1. The highest BCUT2D eigenvalue weighted by molar-refractivity contribution is 7.75. The first-order valence-electron chi connectivity index (χ1n) is 13.3. The maximum absolute atomic E-state index is 11.2. The molecule has 0 aliphatic rings. The summed E-state index contributed by atoms with van der Waals surface area (Å²) in [5.41, 5.74) is 15.5. The zero-order valence-electron chi connectivity index (χ0n) is 22.6. The van der Waals surface area contributed by atoms with E-state index in [2.05, 4.69) is 38.0 Å². The van der Waals surface area contributed by atoms with Crippen molar-refractivity contribution in [1.82, 2.24) is 5.32 Å². The molecule has 0 heterocycles. The van der Waals surface area contributed by atoms with Crippen LogP contribution in [0.5, 0.6) is 0 Å². The number of carboxylic acids is 1. The molecule has 2 atom stereocenters. The second-order valence-corrected chi connectivity index (χ2v) is 13.7. The minimum absolute atomic E-state index is 0.0605. The molecule has 0 radical (unpaired) electrons. The minimum atomic E-state index is -1.36. The monoisotopic (exact) mass is 503 g/mol. The highest BCUT2D eigenvalue weighted by Crippen LogP contribution is 2.61. The maximum Gasteiger partial charge on any atom is 0.237 e. The molecule has 34 heavy (non-hydrogen) atoms. The number of aliphatic carboxylic acids is 1. The third-order valence-corrected chi connectivity index (χ3v) is 11.0. The van der Waals surface area contributed by atoms with Crippen LogP contribution in [0.3, 0.4) is 0 Å². The molecule has 0 saturated carbocycles. The average molecular weight is 504 g/mol. The zero-order valence-corrected chi connectivity index (χ0v) is 23.5. The van der Waals surface area contributed by atoms with Gasteiger partial charge < -0.3 is 32.4 Å². The lowest BCUT2D eigenvalue weighted by atomic mass is 10.1. The molecule has 0 rings (SSSR count).